The highest BCUT2D eigenvalue weighted by Crippen LogP contribution is 2.25. The first kappa shape index (κ1) is 15.5. The van der Waals surface area contributed by atoms with E-state index >= 15 is 0 Å². The number of aryl methyl sites for hydroxylation is 1. The third kappa shape index (κ3) is 3.62. The van der Waals surface area contributed by atoms with E-state index in [2.05, 4.69) is 11.3 Å². The van der Waals surface area contributed by atoms with Gasteiger partial charge in [-0.25, -0.2) is 8.42 Å². The molecule has 0 fully saturated rings. The first-order valence-corrected chi connectivity index (χ1v) is 8.17. The summed E-state index contributed by atoms with van der Waals surface area (Å²) in [4.78, 5) is 0.237. The van der Waals surface area contributed by atoms with Crippen molar-refractivity contribution in [2.24, 2.45) is 5.92 Å². The van der Waals surface area contributed by atoms with Crippen molar-refractivity contribution in [1.29, 1.82) is 0 Å². The maximum Gasteiger partial charge on any atom is 0.241 e. The Morgan fingerprint density at radius 3 is 2.43 bits per heavy atom. The van der Waals surface area contributed by atoms with Crippen molar-refractivity contribution in [3.05, 3.63) is 66.6 Å². The molecule has 1 aromatic carbocycles. The lowest BCUT2D eigenvalue weighted by atomic mass is 10.0. The van der Waals surface area contributed by atoms with Crippen LogP contribution in [0.4, 0.5) is 0 Å². The smallest absolute Gasteiger partial charge is 0.241 e. The van der Waals surface area contributed by atoms with Gasteiger partial charge < -0.3 is 4.42 Å². The minimum atomic E-state index is -3.62. The topological polar surface area (TPSA) is 59.3 Å². The molecule has 2 unspecified atom stereocenters. The molecule has 2 atom stereocenters. The Balaban J connectivity index is 2.31. The van der Waals surface area contributed by atoms with Gasteiger partial charge in [-0.05, 0) is 37.1 Å². The summed E-state index contributed by atoms with van der Waals surface area (Å²) in [6.07, 6.45) is 3.23. The maximum absolute atomic E-state index is 12.5. The van der Waals surface area contributed by atoms with E-state index in [1.165, 1.54) is 6.26 Å². The lowest BCUT2D eigenvalue weighted by molar-refractivity contribution is 0.398. The van der Waals surface area contributed by atoms with Gasteiger partial charge in [-0.15, -0.1) is 6.58 Å². The van der Waals surface area contributed by atoms with Crippen molar-refractivity contribution in [2.45, 2.75) is 24.8 Å². The Morgan fingerprint density at radius 1 is 1.24 bits per heavy atom. The highest BCUT2D eigenvalue weighted by atomic mass is 32.2. The van der Waals surface area contributed by atoms with E-state index in [1.54, 1.807) is 42.5 Å². The highest BCUT2D eigenvalue weighted by Gasteiger charge is 2.26. The predicted octanol–water partition coefficient (Wildman–Crippen LogP) is 3.43. The summed E-state index contributed by atoms with van der Waals surface area (Å²) in [5.74, 6) is 0.467. The zero-order valence-corrected chi connectivity index (χ0v) is 12.9. The molecule has 0 spiro atoms. The van der Waals surface area contributed by atoms with Crippen molar-refractivity contribution in [3.8, 4) is 0 Å². The molecule has 2 aromatic rings. The van der Waals surface area contributed by atoms with E-state index in [4.69, 9.17) is 4.42 Å². The van der Waals surface area contributed by atoms with Crippen LogP contribution in [0.3, 0.4) is 0 Å². The molecule has 2 rings (SSSR count). The van der Waals surface area contributed by atoms with Gasteiger partial charge in [0, 0.05) is 0 Å². The Morgan fingerprint density at radius 2 is 1.90 bits per heavy atom. The SMILES string of the molecule is C=CC(C)C(NS(=O)(=O)c1ccc(C)cc1)c1ccco1. The molecule has 0 aliphatic rings. The van der Waals surface area contributed by atoms with Gasteiger partial charge in [0.25, 0.3) is 0 Å². The fraction of sp³-hybridized carbons (Fsp3) is 0.250. The predicted molar refractivity (Wildman–Crippen MR) is 82.3 cm³/mol. The number of hydrogen-bond acceptors (Lipinski definition) is 3. The van der Waals surface area contributed by atoms with Crippen LogP contribution in [0.25, 0.3) is 0 Å². The molecule has 0 saturated heterocycles. The van der Waals surface area contributed by atoms with Crippen LogP contribution in [0, 0.1) is 12.8 Å². The molecule has 112 valence electrons. The van der Waals surface area contributed by atoms with E-state index in [1.807, 2.05) is 13.8 Å². The summed E-state index contributed by atoms with van der Waals surface area (Å²) >= 11 is 0. The number of furan rings is 1. The molecule has 21 heavy (non-hydrogen) atoms. The normalized spacial score (nSPS) is 14.6. The largest absolute Gasteiger partial charge is 0.468 e. The van der Waals surface area contributed by atoms with E-state index in [0.29, 0.717) is 5.76 Å². The summed E-state index contributed by atoms with van der Waals surface area (Å²) in [7, 11) is -3.62. The number of nitrogens with one attached hydrogen (secondary N) is 1. The average Bonchev–Trinajstić information content (AvgIpc) is 2.98. The van der Waals surface area contributed by atoms with Gasteiger partial charge in [-0.1, -0.05) is 30.7 Å². The second-order valence-corrected chi connectivity index (χ2v) is 6.74. The Labute approximate surface area is 125 Å². The molecule has 0 aliphatic carbocycles. The van der Waals surface area contributed by atoms with Crippen LogP contribution >= 0.6 is 0 Å². The van der Waals surface area contributed by atoms with Gasteiger partial charge in [-0.2, -0.15) is 4.72 Å². The lowest BCUT2D eigenvalue weighted by Crippen LogP contribution is -2.31. The summed E-state index contributed by atoms with van der Waals surface area (Å²) in [6.45, 7) is 7.53. The molecular formula is C16H19NO3S. The summed E-state index contributed by atoms with van der Waals surface area (Å²) in [5.41, 5.74) is 1.01. The fourth-order valence-electron chi connectivity index (χ4n) is 1.98. The van der Waals surface area contributed by atoms with Gasteiger partial charge >= 0.3 is 0 Å². The Kier molecular flexibility index (Phi) is 4.65. The number of sulfonamides is 1. The third-order valence-corrected chi connectivity index (χ3v) is 4.82. The van der Waals surface area contributed by atoms with E-state index in [-0.39, 0.29) is 10.8 Å². The molecular weight excluding hydrogens is 286 g/mol. The van der Waals surface area contributed by atoms with Crippen molar-refractivity contribution >= 4 is 10.0 Å². The van der Waals surface area contributed by atoms with Crippen LogP contribution < -0.4 is 4.72 Å². The van der Waals surface area contributed by atoms with Gasteiger partial charge in [0.2, 0.25) is 10.0 Å². The monoisotopic (exact) mass is 305 g/mol. The van der Waals surface area contributed by atoms with E-state index in [0.717, 1.165) is 5.56 Å². The van der Waals surface area contributed by atoms with Crippen molar-refractivity contribution in [3.63, 3.8) is 0 Å². The highest BCUT2D eigenvalue weighted by molar-refractivity contribution is 7.89. The number of benzene rings is 1. The van der Waals surface area contributed by atoms with Crippen molar-refractivity contribution < 1.29 is 12.8 Å². The Bertz CT molecular complexity index is 688. The molecule has 1 heterocycles. The van der Waals surface area contributed by atoms with Gasteiger partial charge in [0.05, 0.1) is 17.2 Å². The van der Waals surface area contributed by atoms with Crippen molar-refractivity contribution in [1.82, 2.24) is 4.72 Å². The van der Waals surface area contributed by atoms with Crippen molar-refractivity contribution in [2.75, 3.05) is 0 Å². The molecule has 0 radical (unpaired) electrons. The maximum atomic E-state index is 12.5. The fourth-order valence-corrected chi connectivity index (χ4v) is 3.28. The number of rotatable bonds is 6. The molecule has 0 amide bonds. The molecule has 0 saturated carbocycles. The average molecular weight is 305 g/mol. The Hall–Kier alpha value is -1.85. The minimum absolute atomic E-state index is 0.101. The second-order valence-electron chi connectivity index (χ2n) is 5.02. The van der Waals surface area contributed by atoms with E-state index in [9.17, 15) is 8.42 Å². The van der Waals surface area contributed by atoms with Gasteiger partial charge in [0.15, 0.2) is 0 Å². The zero-order chi connectivity index (χ0) is 15.5. The van der Waals surface area contributed by atoms with Crippen LogP contribution in [-0.4, -0.2) is 8.42 Å². The van der Waals surface area contributed by atoms with Crippen LogP contribution in [-0.2, 0) is 10.0 Å². The standard InChI is InChI=1S/C16H19NO3S/c1-4-13(3)16(15-6-5-11-20-15)17-21(18,19)14-9-7-12(2)8-10-14/h4-11,13,16-17H,1H2,2-3H3. The minimum Gasteiger partial charge on any atom is -0.468 e. The van der Waals surface area contributed by atoms with E-state index < -0.39 is 16.1 Å². The van der Waals surface area contributed by atoms with Crippen LogP contribution in [0.5, 0.6) is 0 Å². The summed E-state index contributed by atoms with van der Waals surface area (Å²) in [6, 6.07) is 9.73. The molecule has 0 aliphatic heterocycles. The summed E-state index contributed by atoms with van der Waals surface area (Å²) in [5, 5.41) is 0. The first-order chi connectivity index (χ1) is 9.94. The quantitative estimate of drug-likeness (QED) is 0.832. The molecule has 1 aromatic heterocycles. The van der Waals surface area contributed by atoms with Crippen LogP contribution in [0.15, 0.2) is 64.6 Å². The summed E-state index contributed by atoms with van der Waals surface area (Å²) < 4.78 is 33.0. The molecule has 0 bridgehead atoms. The van der Waals surface area contributed by atoms with Gasteiger partial charge in [-0.3, -0.25) is 0 Å². The second kappa shape index (κ2) is 6.28. The van der Waals surface area contributed by atoms with Crippen LogP contribution in [0.1, 0.15) is 24.3 Å². The zero-order valence-electron chi connectivity index (χ0n) is 12.1. The molecule has 4 nitrogen and oxygen atoms in total. The third-order valence-electron chi connectivity index (χ3n) is 3.36. The number of hydrogen-bond donors (Lipinski definition) is 1. The lowest BCUT2D eigenvalue weighted by Gasteiger charge is -2.20. The first-order valence-electron chi connectivity index (χ1n) is 6.69. The molecule has 5 heteroatoms. The van der Waals surface area contributed by atoms with Crippen LogP contribution in [0.2, 0.25) is 0 Å². The van der Waals surface area contributed by atoms with Gasteiger partial charge in [0.1, 0.15) is 5.76 Å². The molecule has 1 N–H and O–H groups in total.